The van der Waals surface area contributed by atoms with E-state index < -0.39 is 7.32 Å². The molecule has 0 aromatic heterocycles. The molecule has 0 fully saturated rings. The molecule has 6 heteroatoms. The topological polar surface area (TPSA) is 92.2 Å². The van der Waals surface area contributed by atoms with Crippen LogP contribution in [0.4, 0.5) is 0 Å². The van der Waals surface area contributed by atoms with E-state index in [4.69, 9.17) is 15.1 Å². The zero-order valence-electron chi connectivity index (χ0n) is 3.13. The average Bonchev–Trinajstić information content (AvgIpc) is 0.811. The SMILES string of the molecule is O.OB(O)O.[Zn+2]. The van der Waals surface area contributed by atoms with Gasteiger partial charge in [-0.3, -0.25) is 0 Å². The molecular formula is H5BO4Zn+2. The van der Waals surface area contributed by atoms with Gasteiger partial charge in [-0.1, -0.05) is 0 Å². The molecule has 0 aliphatic heterocycles. The Kier molecular flexibility index (Phi) is 24.3. The Morgan fingerprint density at radius 2 is 1.00 bits per heavy atom. The van der Waals surface area contributed by atoms with Gasteiger partial charge in [0.25, 0.3) is 0 Å². The van der Waals surface area contributed by atoms with Crippen molar-refractivity contribution in [2.75, 3.05) is 0 Å². The summed E-state index contributed by atoms with van der Waals surface area (Å²) in [5.74, 6) is 0. The van der Waals surface area contributed by atoms with E-state index in [1.54, 1.807) is 0 Å². The van der Waals surface area contributed by atoms with Crippen LogP contribution in [0.3, 0.4) is 0 Å². The number of hydrogen-bond acceptors (Lipinski definition) is 3. The Morgan fingerprint density at radius 1 is 1.00 bits per heavy atom. The Labute approximate surface area is 48.0 Å². The van der Waals surface area contributed by atoms with E-state index in [0.717, 1.165) is 0 Å². The molecule has 0 rings (SSSR count). The molecule has 6 heavy (non-hydrogen) atoms. The maximum Gasteiger partial charge on any atom is 2.00 e. The summed E-state index contributed by atoms with van der Waals surface area (Å²) in [6.07, 6.45) is 0. The van der Waals surface area contributed by atoms with E-state index in [2.05, 4.69) is 0 Å². The van der Waals surface area contributed by atoms with Crippen molar-refractivity contribution >= 4 is 7.32 Å². The first-order valence-electron chi connectivity index (χ1n) is 0.775. The van der Waals surface area contributed by atoms with Crippen molar-refractivity contribution in [1.82, 2.24) is 0 Å². The van der Waals surface area contributed by atoms with Crippen LogP contribution in [-0.4, -0.2) is 27.9 Å². The fourth-order valence-electron chi connectivity index (χ4n) is 0. The van der Waals surface area contributed by atoms with Crippen LogP contribution in [0.2, 0.25) is 0 Å². The molecule has 0 aliphatic rings. The smallest absolute Gasteiger partial charge is 0.412 e. The van der Waals surface area contributed by atoms with Gasteiger partial charge >= 0.3 is 26.8 Å². The zero-order chi connectivity index (χ0) is 3.58. The third kappa shape index (κ3) is 202. The van der Waals surface area contributed by atoms with Gasteiger partial charge in [0.1, 0.15) is 0 Å². The molecule has 0 saturated heterocycles. The van der Waals surface area contributed by atoms with Crippen molar-refractivity contribution in [3.05, 3.63) is 0 Å². The van der Waals surface area contributed by atoms with Gasteiger partial charge < -0.3 is 20.5 Å². The molecule has 0 atom stereocenters. The van der Waals surface area contributed by atoms with Crippen LogP contribution in [0.15, 0.2) is 0 Å². The second kappa shape index (κ2) is 9.11. The van der Waals surface area contributed by atoms with Crippen molar-refractivity contribution < 1.29 is 40.0 Å². The Morgan fingerprint density at radius 3 is 1.00 bits per heavy atom. The van der Waals surface area contributed by atoms with Crippen LogP contribution >= 0.6 is 0 Å². The molecule has 4 nitrogen and oxygen atoms in total. The van der Waals surface area contributed by atoms with E-state index in [1.807, 2.05) is 0 Å². The largest absolute Gasteiger partial charge is 2.00 e. The molecular weight excluding hydrogens is 140 g/mol. The maximum absolute atomic E-state index is 7.17. The zero-order valence-corrected chi connectivity index (χ0v) is 6.09. The van der Waals surface area contributed by atoms with Gasteiger partial charge in [0.05, 0.1) is 0 Å². The second-order valence-electron chi connectivity index (χ2n) is 0.346. The predicted octanol–water partition coefficient (Wildman–Crippen LogP) is -2.88. The molecule has 0 aromatic rings. The van der Waals surface area contributed by atoms with E-state index in [9.17, 15) is 0 Å². The molecule has 0 radical (unpaired) electrons. The van der Waals surface area contributed by atoms with Crippen LogP contribution in [0.5, 0.6) is 0 Å². The molecule has 0 aromatic carbocycles. The fraction of sp³-hybridized carbons (Fsp3) is 0. The molecule has 0 amide bonds. The van der Waals surface area contributed by atoms with Gasteiger partial charge in [0.2, 0.25) is 0 Å². The van der Waals surface area contributed by atoms with Crippen LogP contribution in [0.1, 0.15) is 0 Å². The predicted molar refractivity (Wildman–Crippen MR) is 16.0 cm³/mol. The molecule has 5 N–H and O–H groups in total. The van der Waals surface area contributed by atoms with Gasteiger partial charge in [-0.15, -0.1) is 0 Å². The number of hydrogen-bond donors (Lipinski definition) is 3. The minimum atomic E-state index is -2.17. The van der Waals surface area contributed by atoms with Gasteiger partial charge in [0.15, 0.2) is 0 Å². The quantitative estimate of drug-likeness (QED) is 0.320. The van der Waals surface area contributed by atoms with Crippen LogP contribution < -0.4 is 0 Å². The summed E-state index contributed by atoms with van der Waals surface area (Å²) in [6, 6.07) is 0. The first-order chi connectivity index (χ1) is 1.73. The first-order valence-corrected chi connectivity index (χ1v) is 0.775. The molecule has 0 unspecified atom stereocenters. The normalized spacial score (nSPS) is 4.50. The van der Waals surface area contributed by atoms with Gasteiger partial charge in [-0.2, -0.15) is 0 Å². The van der Waals surface area contributed by atoms with Crippen molar-refractivity contribution in [3.63, 3.8) is 0 Å². The fourth-order valence-corrected chi connectivity index (χ4v) is 0. The summed E-state index contributed by atoms with van der Waals surface area (Å²) in [5, 5.41) is 21.5. The molecule has 32 valence electrons. The summed E-state index contributed by atoms with van der Waals surface area (Å²) in [6.45, 7) is 0. The summed E-state index contributed by atoms with van der Waals surface area (Å²) >= 11 is 0. The van der Waals surface area contributed by atoms with Crippen molar-refractivity contribution in [2.45, 2.75) is 0 Å². The van der Waals surface area contributed by atoms with Crippen molar-refractivity contribution in [1.29, 1.82) is 0 Å². The van der Waals surface area contributed by atoms with E-state index in [1.165, 1.54) is 0 Å². The number of rotatable bonds is 0. The van der Waals surface area contributed by atoms with E-state index in [0.29, 0.717) is 0 Å². The molecule has 0 aliphatic carbocycles. The molecule has 0 spiro atoms. The standard InChI is InChI=1S/BH3O3.H2O.Zn/c2-1(3)4;;/h2-4H;1H2;/q;;+2. The Bertz CT molecular complexity index is 12.3. The minimum absolute atomic E-state index is 0. The van der Waals surface area contributed by atoms with Gasteiger partial charge in [-0.05, 0) is 0 Å². The third-order valence-corrected chi connectivity index (χ3v) is 0. The van der Waals surface area contributed by atoms with Gasteiger partial charge in [0, 0.05) is 0 Å². The third-order valence-electron chi connectivity index (χ3n) is 0. The maximum atomic E-state index is 7.17. The van der Waals surface area contributed by atoms with E-state index in [-0.39, 0.29) is 25.0 Å². The molecule has 0 saturated carbocycles. The monoisotopic (exact) mass is 144 g/mol. The second-order valence-corrected chi connectivity index (χ2v) is 0.346. The van der Waals surface area contributed by atoms with E-state index >= 15 is 0 Å². The van der Waals surface area contributed by atoms with Crippen LogP contribution in [0.25, 0.3) is 0 Å². The Balaban J connectivity index is -0.0000000450. The summed E-state index contributed by atoms with van der Waals surface area (Å²) in [7, 11) is -2.17. The first kappa shape index (κ1) is 16.0. The molecule has 0 heterocycles. The van der Waals surface area contributed by atoms with Crippen molar-refractivity contribution in [3.8, 4) is 0 Å². The summed E-state index contributed by atoms with van der Waals surface area (Å²) in [5.41, 5.74) is 0. The summed E-state index contributed by atoms with van der Waals surface area (Å²) in [4.78, 5) is 0. The van der Waals surface area contributed by atoms with Crippen LogP contribution in [0, 0.1) is 0 Å². The van der Waals surface area contributed by atoms with Crippen LogP contribution in [-0.2, 0) is 19.5 Å². The minimum Gasteiger partial charge on any atom is -0.412 e. The van der Waals surface area contributed by atoms with Gasteiger partial charge in [-0.25, -0.2) is 0 Å². The average molecular weight is 145 g/mol. The summed E-state index contributed by atoms with van der Waals surface area (Å²) < 4.78 is 0. The molecule has 0 bridgehead atoms. The Hall–Kier alpha value is 0.528. The van der Waals surface area contributed by atoms with Crippen molar-refractivity contribution in [2.24, 2.45) is 0 Å².